The fourth-order valence-electron chi connectivity index (χ4n) is 7.06. The van der Waals surface area contributed by atoms with E-state index < -0.39 is 61.8 Å². The van der Waals surface area contributed by atoms with Crippen LogP contribution in [-0.4, -0.2) is 110 Å². The van der Waals surface area contributed by atoms with Gasteiger partial charge in [0, 0.05) is 33.7 Å². The van der Waals surface area contributed by atoms with Gasteiger partial charge in [0.05, 0.1) is 57.8 Å². The monoisotopic (exact) mass is 686 g/mol. The van der Waals surface area contributed by atoms with E-state index in [2.05, 4.69) is 9.97 Å². The fraction of sp³-hybridized carbons (Fsp3) is 0.265. The first-order chi connectivity index (χ1) is 24.0. The number of hydrogen-bond acceptors (Lipinski definition) is 13. The Morgan fingerprint density at radius 2 is 1.58 bits per heavy atom. The minimum atomic E-state index is -1.77. The number of aliphatic hydroxyl groups excluding tert-OH is 6. The summed E-state index contributed by atoms with van der Waals surface area (Å²) in [4.78, 5) is 41.9. The van der Waals surface area contributed by atoms with Crippen LogP contribution in [0.5, 0.6) is 11.5 Å². The molecule has 0 radical (unpaired) electrons. The maximum atomic E-state index is 14.4. The van der Waals surface area contributed by atoms with E-state index in [1.807, 2.05) is 0 Å². The molecule has 50 heavy (non-hydrogen) atoms. The van der Waals surface area contributed by atoms with Gasteiger partial charge in [0.2, 0.25) is 0 Å². The summed E-state index contributed by atoms with van der Waals surface area (Å²) in [5.74, 6) is -1.96. The Morgan fingerprint density at radius 1 is 0.880 bits per heavy atom. The molecule has 0 spiro atoms. The van der Waals surface area contributed by atoms with Crippen molar-refractivity contribution in [2.45, 2.75) is 43.4 Å². The van der Waals surface area contributed by atoms with Crippen LogP contribution in [0.1, 0.15) is 44.4 Å². The lowest BCUT2D eigenvalue weighted by atomic mass is 9.96. The Balaban J connectivity index is 1.39. The van der Waals surface area contributed by atoms with E-state index in [1.165, 1.54) is 41.0 Å². The van der Waals surface area contributed by atoms with E-state index in [0.29, 0.717) is 21.4 Å². The van der Waals surface area contributed by atoms with Gasteiger partial charge in [-0.2, -0.15) is 0 Å². The molecule has 0 aliphatic carbocycles. The SMILES string of the molecule is O=C1c2c(c3c4ccc(O)cc4n(C4OC(CO)C(O)C(O)C4O)c3c3[nH]c4cc(O)ccc4c23)C(=O)N1OCc1cccc(C(O)CO)n1. The number of fused-ring (bicyclic) bond motifs is 10. The predicted octanol–water partition coefficient (Wildman–Crippen LogP) is 0.961. The number of pyridine rings is 1. The Labute approximate surface area is 280 Å². The van der Waals surface area contributed by atoms with Crippen molar-refractivity contribution in [3.05, 3.63) is 77.1 Å². The highest BCUT2D eigenvalue weighted by Gasteiger charge is 2.47. The van der Waals surface area contributed by atoms with Crippen molar-refractivity contribution in [2.75, 3.05) is 13.2 Å². The van der Waals surface area contributed by atoms with Crippen molar-refractivity contribution in [3.63, 3.8) is 0 Å². The van der Waals surface area contributed by atoms with Gasteiger partial charge in [0.25, 0.3) is 11.8 Å². The zero-order chi connectivity index (χ0) is 35.2. The molecule has 2 aliphatic heterocycles. The summed E-state index contributed by atoms with van der Waals surface area (Å²) >= 11 is 0. The molecule has 8 rings (SSSR count). The summed E-state index contributed by atoms with van der Waals surface area (Å²) in [7, 11) is 0. The van der Waals surface area contributed by atoms with E-state index in [-0.39, 0.29) is 67.9 Å². The molecule has 3 aromatic heterocycles. The molecule has 6 atom stereocenters. The molecule has 1 saturated heterocycles. The third-order valence-electron chi connectivity index (χ3n) is 9.36. The van der Waals surface area contributed by atoms with Crippen LogP contribution in [-0.2, 0) is 16.2 Å². The summed E-state index contributed by atoms with van der Waals surface area (Å²) in [5.41, 5.74) is 1.35. The van der Waals surface area contributed by atoms with E-state index in [9.17, 15) is 50.4 Å². The first-order valence-corrected chi connectivity index (χ1v) is 15.6. The number of carbonyl (C=O) groups is 2. The molecular weight excluding hydrogens is 656 g/mol. The largest absolute Gasteiger partial charge is 0.508 e. The second-order valence-corrected chi connectivity index (χ2v) is 12.3. The van der Waals surface area contributed by atoms with Crippen molar-refractivity contribution in [3.8, 4) is 11.5 Å². The third kappa shape index (κ3) is 4.59. The number of hydroxylamine groups is 2. The molecule has 6 aromatic rings. The maximum Gasteiger partial charge on any atom is 0.286 e. The average Bonchev–Trinajstić information content (AvgIpc) is 3.72. The molecule has 0 bridgehead atoms. The molecule has 2 aliphatic rings. The van der Waals surface area contributed by atoms with Crippen LogP contribution in [0.2, 0.25) is 0 Å². The molecular formula is C34H30N4O12. The summed E-state index contributed by atoms with van der Waals surface area (Å²) in [6.07, 6.45) is -9.24. The molecule has 2 amide bonds. The van der Waals surface area contributed by atoms with Gasteiger partial charge in [0.15, 0.2) is 6.23 Å². The van der Waals surface area contributed by atoms with Crippen molar-refractivity contribution >= 4 is 55.4 Å². The average molecular weight is 687 g/mol. The number of imide groups is 1. The number of aliphatic hydroxyl groups is 6. The number of nitrogens with zero attached hydrogens (tertiary/aromatic N) is 3. The normalized spacial score (nSPS) is 23.2. The molecule has 9 N–H and O–H groups in total. The Kier molecular flexibility index (Phi) is 7.51. The smallest absolute Gasteiger partial charge is 0.286 e. The number of phenolic OH excluding ortho intramolecular Hbond substituents is 2. The van der Waals surface area contributed by atoms with E-state index >= 15 is 0 Å². The number of benzene rings is 3. The van der Waals surface area contributed by atoms with Crippen molar-refractivity contribution in [2.24, 2.45) is 0 Å². The van der Waals surface area contributed by atoms with Gasteiger partial charge in [-0.05, 0) is 36.4 Å². The number of H-pyrrole nitrogens is 1. The topological polar surface area (TPSA) is 251 Å². The summed E-state index contributed by atoms with van der Waals surface area (Å²) in [5, 5.41) is 84.7. The molecule has 5 heterocycles. The zero-order valence-corrected chi connectivity index (χ0v) is 25.8. The summed E-state index contributed by atoms with van der Waals surface area (Å²) in [6, 6.07) is 13.2. The quantitative estimate of drug-likeness (QED) is 0.106. The molecule has 16 heteroatoms. The first kappa shape index (κ1) is 32.1. The lowest BCUT2D eigenvalue weighted by Crippen LogP contribution is -2.56. The van der Waals surface area contributed by atoms with Crippen LogP contribution >= 0.6 is 0 Å². The molecule has 1 fully saturated rings. The van der Waals surface area contributed by atoms with Gasteiger partial charge >= 0.3 is 0 Å². The second-order valence-electron chi connectivity index (χ2n) is 12.3. The van der Waals surface area contributed by atoms with Crippen LogP contribution in [0, 0.1) is 0 Å². The van der Waals surface area contributed by atoms with Crippen molar-refractivity contribution in [1.29, 1.82) is 0 Å². The molecule has 3 aromatic carbocycles. The number of amides is 2. The highest BCUT2D eigenvalue weighted by molar-refractivity contribution is 6.39. The molecule has 16 nitrogen and oxygen atoms in total. The standard InChI is InChI=1S/C34H30N4O12/c39-10-21(43)18-3-1-2-13(35-18)12-49-38-32(47)25-23-16-6-4-14(41)8-19(16)36-27(23)28-24(26(25)33(38)48)17-7-5-15(42)9-20(17)37(28)34-31(46)30(45)29(44)22(11-40)50-34/h1-9,21-22,29-31,34,36,39-46H,10-12H2. The van der Waals surface area contributed by atoms with Gasteiger partial charge in [-0.25, -0.2) is 0 Å². The number of aromatic nitrogens is 3. The number of aromatic hydroxyl groups is 2. The number of rotatable bonds is 7. The third-order valence-corrected chi connectivity index (χ3v) is 9.36. The highest BCUT2D eigenvalue weighted by Crippen LogP contribution is 2.48. The van der Waals surface area contributed by atoms with Gasteiger partial charge in [-0.3, -0.25) is 19.4 Å². The summed E-state index contributed by atoms with van der Waals surface area (Å²) in [6.45, 7) is -1.65. The van der Waals surface area contributed by atoms with Crippen LogP contribution in [0.4, 0.5) is 0 Å². The lowest BCUT2D eigenvalue weighted by molar-refractivity contribution is -0.249. The molecule has 6 unspecified atom stereocenters. The number of hydrogen-bond donors (Lipinski definition) is 9. The summed E-state index contributed by atoms with van der Waals surface area (Å²) < 4.78 is 7.40. The number of phenols is 2. The minimum Gasteiger partial charge on any atom is -0.508 e. The van der Waals surface area contributed by atoms with Gasteiger partial charge in [-0.1, -0.05) is 6.07 Å². The van der Waals surface area contributed by atoms with Crippen molar-refractivity contribution in [1.82, 2.24) is 19.6 Å². The van der Waals surface area contributed by atoms with Crippen LogP contribution in [0.25, 0.3) is 43.6 Å². The highest BCUT2D eigenvalue weighted by atomic mass is 16.7. The first-order valence-electron chi connectivity index (χ1n) is 15.6. The van der Waals surface area contributed by atoms with E-state index in [0.717, 1.165) is 0 Å². The van der Waals surface area contributed by atoms with Gasteiger partial charge in [0.1, 0.15) is 48.6 Å². The maximum absolute atomic E-state index is 14.4. The number of aromatic amines is 1. The minimum absolute atomic E-state index is 0.0345. The number of carbonyl (C=O) groups excluding carboxylic acids is 2. The van der Waals surface area contributed by atoms with Crippen molar-refractivity contribution < 1.29 is 60.0 Å². The zero-order valence-electron chi connectivity index (χ0n) is 25.8. The number of ether oxygens (including phenoxy) is 1. The van der Waals surface area contributed by atoms with Crippen LogP contribution in [0.15, 0.2) is 54.6 Å². The van der Waals surface area contributed by atoms with Gasteiger partial charge < -0.3 is 55.1 Å². The molecule has 258 valence electrons. The van der Waals surface area contributed by atoms with Crippen LogP contribution < -0.4 is 0 Å². The number of nitrogens with one attached hydrogen (secondary N) is 1. The Hall–Kier alpha value is -5.17. The van der Waals surface area contributed by atoms with E-state index in [1.54, 1.807) is 18.2 Å². The lowest BCUT2D eigenvalue weighted by Gasteiger charge is -2.41. The fourth-order valence-corrected chi connectivity index (χ4v) is 7.06. The molecule has 0 saturated carbocycles. The second kappa shape index (κ2) is 11.7. The predicted molar refractivity (Wildman–Crippen MR) is 173 cm³/mol. The van der Waals surface area contributed by atoms with E-state index in [4.69, 9.17) is 9.57 Å². The van der Waals surface area contributed by atoms with Gasteiger partial charge in [-0.15, -0.1) is 5.06 Å². The Morgan fingerprint density at radius 3 is 2.30 bits per heavy atom. The Bertz CT molecular complexity index is 2370. The van der Waals surface area contributed by atoms with Crippen LogP contribution in [0.3, 0.4) is 0 Å².